The molecule has 7 heteroatoms. The largest absolute Gasteiger partial charge is 0.506 e. The van der Waals surface area contributed by atoms with Gasteiger partial charge in [-0.1, -0.05) is 5.21 Å². The van der Waals surface area contributed by atoms with Gasteiger partial charge in [0.2, 0.25) is 0 Å². The Balaban J connectivity index is 2.15. The quantitative estimate of drug-likeness (QED) is 0.764. The van der Waals surface area contributed by atoms with Gasteiger partial charge in [-0.25, -0.2) is 9.20 Å². The molecule has 3 rings (SSSR count). The summed E-state index contributed by atoms with van der Waals surface area (Å²) in [5.41, 5.74) is 2.06. The average molecular weight is 268 g/mol. The van der Waals surface area contributed by atoms with Gasteiger partial charge < -0.3 is 5.11 Å². The molecule has 0 aliphatic rings. The summed E-state index contributed by atoms with van der Waals surface area (Å²) in [4.78, 5) is 0. The first-order valence-corrected chi connectivity index (χ1v) is 6.13. The molecule has 20 heavy (non-hydrogen) atoms. The average Bonchev–Trinajstić information content (AvgIpc) is 3.05. The maximum absolute atomic E-state index is 10.1. The maximum atomic E-state index is 10.1. The fourth-order valence-electron chi connectivity index (χ4n) is 1.98. The zero-order valence-corrected chi connectivity index (χ0v) is 11.0. The van der Waals surface area contributed by atoms with Crippen LogP contribution in [0, 0.1) is 11.3 Å². The van der Waals surface area contributed by atoms with E-state index >= 15 is 0 Å². The summed E-state index contributed by atoms with van der Waals surface area (Å²) in [6.45, 7) is 4.01. The van der Waals surface area contributed by atoms with Crippen LogP contribution in [0.2, 0.25) is 0 Å². The molecular formula is C13H12N6O. The number of nitrogens with zero attached hydrogens (tertiary/aromatic N) is 6. The summed E-state index contributed by atoms with van der Waals surface area (Å²) in [6, 6.07) is 3.77. The van der Waals surface area contributed by atoms with Crippen LogP contribution < -0.4 is 0 Å². The molecule has 0 atom stereocenters. The van der Waals surface area contributed by atoms with Crippen molar-refractivity contribution in [3.8, 4) is 23.1 Å². The van der Waals surface area contributed by atoms with Crippen molar-refractivity contribution in [2.45, 2.75) is 19.9 Å². The smallest absolute Gasteiger partial charge is 0.143 e. The number of hydrogen-bond donors (Lipinski definition) is 1. The van der Waals surface area contributed by atoms with Gasteiger partial charge in [0, 0.05) is 17.8 Å². The van der Waals surface area contributed by atoms with Crippen molar-refractivity contribution in [1.29, 1.82) is 5.26 Å². The molecule has 1 N–H and O–H groups in total. The molecule has 3 aromatic heterocycles. The van der Waals surface area contributed by atoms with Crippen LogP contribution >= 0.6 is 0 Å². The molecule has 0 amide bonds. The van der Waals surface area contributed by atoms with Crippen molar-refractivity contribution in [1.82, 2.24) is 24.6 Å². The van der Waals surface area contributed by atoms with Gasteiger partial charge in [-0.3, -0.25) is 0 Å². The summed E-state index contributed by atoms with van der Waals surface area (Å²) < 4.78 is 3.21. The van der Waals surface area contributed by atoms with Gasteiger partial charge in [-0.05, 0) is 19.9 Å². The van der Waals surface area contributed by atoms with E-state index in [2.05, 4.69) is 15.4 Å². The number of nitriles is 1. The Morgan fingerprint density at radius 3 is 2.80 bits per heavy atom. The second-order valence-corrected chi connectivity index (χ2v) is 4.75. The van der Waals surface area contributed by atoms with Crippen LogP contribution in [0.4, 0.5) is 0 Å². The van der Waals surface area contributed by atoms with Gasteiger partial charge in [0.15, 0.2) is 0 Å². The van der Waals surface area contributed by atoms with E-state index in [1.54, 1.807) is 23.1 Å². The van der Waals surface area contributed by atoms with Gasteiger partial charge in [0.05, 0.1) is 12.4 Å². The minimum absolute atomic E-state index is 0.00403. The lowest BCUT2D eigenvalue weighted by molar-refractivity contribution is 0.478. The first-order chi connectivity index (χ1) is 9.60. The summed E-state index contributed by atoms with van der Waals surface area (Å²) >= 11 is 0. The van der Waals surface area contributed by atoms with Crippen molar-refractivity contribution in [3.63, 3.8) is 0 Å². The highest BCUT2D eigenvalue weighted by atomic mass is 16.3. The van der Waals surface area contributed by atoms with E-state index < -0.39 is 0 Å². The molecule has 0 saturated carbocycles. The molecular weight excluding hydrogens is 256 g/mol. The zero-order chi connectivity index (χ0) is 14.3. The Bertz CT molecular complexity index is 823. The van der Waals surface area contributed by atoms with Crippen molar-refractivity contribution in [2.24, 2.45) is 0 Å². The van der Waals surface area contributed by atoms with Crippen LogP contribution in [0.15, 0.2) is 24.7 Å². The predicted molar refractivity (Wildman–Crippen MR) is 71.0 cm³/mol. The molecule has 100 valence electrons. The van der Waals surface area contributed by atoms with E-state index in [1.165, 1.54) is 10.7 Å². The number of aromatic hydroxyl groups is 1. The van der Waals surface area contributed by atoms with Crippen LogP contribution in [0.3, 0.4) is 0 Å². The molecule has 3 aromatic rings. The van der Waals surface area contributed by atoms with Gasteiger partial charge in [-0.15, -0.1) is 5.10 Å². The first-order valence-electron chi connectivity index (χ1n) is 6.13. The van der Waals surface area contributed by atoms with Crippen molar-refractivity contribution < 1.29 is 5.11 Å². The number of fused-ring (bicyclic) bond motifs is 1. The van der Waals surface area contributed by atoms with E-state index in [0.29, 0.717) is 22.3 Å². The molecule has 0 bridgehead atoms. The minimum Gasteiger partial charge on any atom is -0.506 e. The van der Waals surface area contributed by atoms with E-state index in [4.69, 9.17) is 5.26 Å². The number of aromatic nitrogens is 5. The van der Waals surface area contributed by atoms with Crippen LogP contribution in [0.1, 0.15) is 25.5 Å². The molecule has 0 unspecified atom stereocenters. The number of rotatable bonds is 2. The van der Waals surface area contributed by atoms with Gasteiger partial charge >= 0.3 is 0 Å². The van der Waals surface area contributed by atoms with E-state index in [1.807, 2.05) is 19.9 Å². The maximum Gasteiger partial charge on any atom is 0.143 e. The molecule has 0 spiro atoms. The zero-order valence-electron chi connectivity index (χ0n) is 11.0. The fourth-order valence-corrected chi connectivity index (χ4v) is 1.98. The monoisotopic (exact) mass is 268 g/mol. The molecule has 0 fully saturated rings. The third-order valence-corrected chi connectivity index (χ3v) is 3.05. The molecule has 0 radical (unpaired) electrons. The second-order valence-electron chi connectivity index (χ2n) is 4.75. The van der Waals surface area contributed by atoms with Crippen molar-refractivity contribution in [3.05, 3.63) is 30.2 Å². The first kappa shape index (κ1) is 12.2. The fraction of sp³-hybridized carbons (Fsp3) is 0.231. The van der Waals surface area contributed by atoms with Gasteiger partial charge in [0.1, 0.15) is 28.6 Å². The van der Waals surface area contributed by atoms with Crippen molar-refractivity contribution in [2.75, 3.05) is 0 Å². The predicted octanol–water partition coefficient (Wildman–Crippen LogP) is 1.75. The van der Waals surface area contributed by atoms with Crippen molar-refractivity contribution >= 4 is 5.52 Å². The van der Waals surface area contributed by atoms with Crippen LogP contribution in [-0.4, -0.2) is 29.7 Å². The van der Waals surface area contributed by atoms with Gasteiger partial charge in [-0.2, -0.15) is 10.4 Å². The highest BCUT2D eigenvalue weighted by Gasteiger charge is 2.13. The lowest BCUT2D eigenvalue weighted by Gasteiger charge is -2.03. The molecule has 0 aromatic carbocycles. The third-order valence-electron chi connectivity index (χ3n) is 3.05. The van der Waals surface area contributed by atoms with E-state index in [9.17, 15) is 5.11 Å². The topological polar surface area (TPSA) is 92.0 Å². The highest BCUT2D eigenvalue weighted by Crippen LogP contribution is 2.27. The molecule has 3 heterocycles. The second kappa shape index (κ2) is 4.35. The molecule has 7 nitrogen and oxygen atoms in total. The number of hydrogen-bond acceptors (Lipinski definition) is 5. The van der Waals surface area contributed by atoms with Crippen LogP contribution in [0.25, 0.3) is 16.8 Å². The summed E-state index contributed by atoms with van der Waals surface area (Å²) in [6.07, 6.45) is 4.94. The van der Waals surface area contributed by atoms with Crippen LogP contribution in [0.5, 0.6) is 5.75 Å². The van der Waals surface area contributed by atoms with Gasteiger partial charge in [0.25, 0.3) is 0 Å². The Labute approximate surface area is 114 Å². The SMILES string of the molecule is CC(C)n1cc(-c2cc(O)c3c(C#N)cnn3c2)nn1. The van der Waals surface area contributed by atoms with E-state index in [0.717, 1.165) is 0 Å². The normalized spacial score (nSPS) is 11.1. The molecule has 0 saturated heterocycles. The standard InChI is InChI=1S/C13H12N6O/c1-8(2)18-7-11(16-17-18)9-3-12(20)13-10(4-14)5-15-19(13)6-9/h3,5-8,20H,1-2H3. The Morgan fingerprint density at radius 1 is 1.35 bits per heavy atom. The Kier molecular flexibility index (Phi) is 2.64. The minimum atomic E-state index is -0.00403. The lowest BCUT2D eigenvalue weighted by atomic mass is 10.2. The highest BCUT2D eigenvalue weighted by molar-refractivity contribution is 5.73. The Morgan fingerprint density at radius 2 is 2.15 bits per heavy atom. The number of pyridine rings is 1. The lowest BCUT2D eigenvalue weighted by Crippen LogP contribution is -2.00. The third kappa shape index (κ3) is 1.78. The van der Waals surface area contributed by atoms with Crippen LogP contribution in [-0.2, 0) is 0 Å². The van der Waals surface area contributed by atoms with E-state index in [-0.39, 0.29) is 11.8 Å². The Hall–Kier alpha value is -2.88. The summed E-state index contributed by atoms with van der Waals surface area (Å²) in [5.74, 6) is -0.00403. The summed E-state index contributed by atoms with van der Waals surface area (Å²) in [7, 11) is 0. The molecule has 0 aliphatic carbocycles. The molecule has 0 aliphatic heterocycles. The summed E-state index contributed by atoms with van der Waals surface area (Å²) in [5, 5.41) is 31.2.